The summed E-state index contributed by atoms with van der Waals surface area (Å²) < 4.78 is 0. The molecule has 0 aromatic heterocycles. The van der Waals surface area contributed by atoms with Crippen molar-refractivity contribution in [1.82, 2.24) is 0 Å². The molecule has 0 heterocycles. The minimum absolute atomic E-state index is 0.452. The molecule has 0 bridgehead atoms. The summed E-state index contributed by atoms with van der Waals surface area (Å²) in [4.78, 5) is 0. The fraction of sp³-hybridized carbons (Fsp3) is 0.333. The zero-order valence-corrected chi connectivity index (χ0v) is 9.19. The minimum Gasteiger partial charge on any atom is -0.0826 e. The summed E-state index contributed by atoms with van der Waals surface area (Å²) in [5, 5.41) is 1.55. The summed E-state index contributed by atoms with van der Waals surface area (Å²) in [7, 11) is 0. The molecule has 0 unspecified atom stereocenters. The second-order valence-electron chi connectivity index (χ2n) is 2.62. The van der Waals surface area contributed by atoms with Crippen LogP contribution in [0.4, 0.5) is 0 Å². The monoisotopic (exact) mass is 222 g/mol. The number of benzene rings is 1. The Hall–Kier alpha value is 0.0900. The van der Waals surface area contributed by atoms with Crippen LogP contribution in [0.5, 0.6) is 0 Å². The molecule has 3 heteroatoms. The van der Waals surface area contributed by atoms with Crippen LogP contribution in [0, 0.1) is 6.92 Å². The van der Waals surface area contributed by atoms with E-state index in [9.17, 15) is 0 Å². The van der Waals surface area contributed by atoms with Crippen molar-refractivity contribution in [2.45, 2.75) is 20.3 Å². The third-order valence-electron chi connectivity index (χ3n) is 1.90. The van der Waals surface area contributed by atoms with Gasteiger partial charge in [0.05, 0.1) is 15.1 Å². The first-order valence-electron chi connectivity index (χ1n) is 3.70. The number of hydrogen-bond acceptors (Lipinski definition) is 0. The summed E-state index contributed by atoms with van der Waals surface area (Å²) >= 11 is 17.7. The van der Waals surface area contributed by atoms with Gasteiger partial charge in [0.2, 0.25) is 0 Å². The molecule has 66 valence electrons. The lowest BCUT2D eigenvalue weighted by Gasteiger charge is -2.08. The van der Waals surface area contributed by atoms with Crippen molar-refractivity contribution in [1.29, 1.82) is 0 Å². The molecule has 0 atom stereocenters. The summed E-state index contributed by atoms with van der Waals surface area (Å²) in [5.41, 5.74) is 2.17. The van der Waals surface area contributed by atoms with Gasteiger partial charge in [-0.2, -0.15) is 0 Å². The van der Waals surface area contributed by atoms with E-state index in [-0.39, 0.29) is 0 Å². The van der Waals surface area contributed by atoms with Gasteiger partial charge < -0.3 is 0 Å². The van der Waals surface area contributed by atoms with Gasteiger partial charge in [0.1, 0.15) is 0 Å². The summed E-state index contributed by atoms with van der Waals surface area (Å²) in [6.45, 7) is 4.01. The Morgan fingerprint density at radius 2 is 1.75 bits per heavy atom. The lowest BCUT2D eigenvalue weighted by Crippen LogP contribution is -1.88. The molecular weight excluding hydrogens is 214 g/mol. The molecule has 0 fully saturated rings. The van der Waals surface area contributed by atoms with Gasteiger partial charge in [-0.15, -0.1) is 0 Å². The van der Waals surface area contributed by atoms with E-state index < -0.39 is 0 Å². The van der Waals surface area contributed by atoms with Crippen molar-refractivity contribution in [3.8, 4) is 0 Å². The van der Waals surface area contributed by atoms with Gasteiger partial charge in [0, 0.05) is 0 Å². The third kappa shape index (κ3) is 1.71. The maximum absolute atomic E-state index is 5.95. The van der Waals surface area contributed by atoms with E-state index in [1.807, 2.05) is 13.0 Å². The van der Waals surface area contributed by atoms with Crippen LogP contribution in [-0.4, -0.2) is 0 Å². The Bertz CT molecular complexity index is 305. The predicted molar refractivity (Wildman–Crippen MR) is 55.6 cm³/mol. The molecule has 1 aromatic rings. The lowest BCUT2D eigenvalue weighted by atomic mass is 10.1. The van der Waals surface area contributed by atoms with Gasteiger partial charge in [-0.05, 0) is 30.5 Å². The largest absolute Gasteiger partial charge is 0.0826 e. The smallest absolute Gasteiger partial charge is 0.0781 e. The van der Waals surface area contributed by atoms with Crippen LogP contribution in [0.25, 0.3) is 0 Å². The van der Waals surface area contributed by atoms with Crippen LogP contribution in [-0.2, 0) is 6.42 Å². The van der Waals surface area contributed by atoms with Crippen LogP contribution >= 0.6 is 34.8 Å². The van der Waals surface area contributed by atoms with Crippen LogP contribution < -0.4 is 0 Å². The first-order valence-corrected chi connectivity index (χ1v) is 4.84. The average Bonchev–Trinajstić information content (AvgIpc) is 2.08. The molecule has 0 aliphatic heterocycles. The molecule has 0 nitrogen and oxygen atoms in total. The highest BCUT2D eigenvalue weighted by Gasteiger charge is 2.09. The summed E-state index contributed by atoms with van der Waals surface area (Å²) in [6.07, 6.45) is 0.919. The lowest BCUT2D eigenvalue weighted by molar-refractivity contribution is 1.11. The SMILES string of the molecule is CCc1cc(Cl)c(Cl)c(Cl)c1C. The Labute approximate surface area is 87.4 Å². The van der Waals surface area contributed by atoms with Crippen LogP contribution in [0.15, 0.2) is 6.07 Å². The second-order valence-corrected chi connectivity index (χ2v) is 3.79. The Morgan fingerprint density at radius 3 is 2.25 bits per heavy atom. The van der Waals surface area contributed by atoms with Gasteiger partial charge in [-0.1, -0.05) is 41.7 Å². The van der Waals surface area contributed by atoms with Gasteiger partial charge in [0.25, 0.3) is 0 Å². The Kier molecular flexibility index (Phi) is 3.28. The van der Waals surface area contributed by atoms with Crippen molar-refractivity contribution < 1.29 is 0 Å². The maximum atomic E-state index is 5.95. The molecule has 0 saturated carbocycles. The van der Waals surface area contributed by atoms with Gasteiger partial charge in [-0.3, -0.25) is 0 Å². The predicted octanol–water partition coefficient (Wildman–Crippen LogP) is 4.52. The van der Waals surface area contributed by atoms with E-state index in [0.29, 0.717) is 15.1 Å². The third-order valence-corrected chi connectivity index (χ3v) is 3.25. The molecule has 0 saturated heterocycles. The maximum Gasteiger partial charge on any atom is 0.0781 e. The number of halogens is 3. The zero-order valence-electron chi connectivity index (χ0n) is 6.92. The second kappa shape index (κ2) is 3.87. The van der Waals surface area contributed by atoms with E-state index in [4.69, 9.17) is 34.8 Å². The highest BCUT2D eigenvalue weighted by molar-refractivity contribution is 6.48. The van der Waals surface area contributed by atoms with Crippen molar-refractivity contribution in [2.75, 3.05) is 0 Å². The number of rotatable bonds is 1. The topological polar surface area (TPSA) is 0 Å². The van der Waals surface area contributed by atoms with Crippen LogP contribution in [0.3, 0.4) is 0 Å². The van der Waals surface area contributed by atoms with E-state index in [1.54, 1.807) is 0 Å². The van der Waals surface area contributed by atoms with Crippen molar-refractivity contribution >= 4 is 34.8 Å². The Morgan fingerprint density at radius 1 is 1.17 bits per heavy atom. The Balaban J connectivity index is 3.39. The summed E-state index contributed by atoms with van der Waals surface area (Å²) in [5.74, 6) is 0. The van der Waals surface area contributed by atoms with Crippen molar-refractivity contribution in [3.05, 3.63) is 32.3 Å². The van der Waals surface area contributed by atoms with Crippen molar-refractivity contribution in [2.24, 2.45) is 0 Å². The van der Waals surface area contributed by atoms with E-state index in [0.717, 1.165) is 17.5 Å². The van der Waals surface area contributed by atoms with Crippen LogP contribution in [0.2, 0.25) is 15.1 Å². The van der Waals surface area contributed by atoms with E-state index in [1.165, 1.54) is 0 Å². The molecular formula is C9H9Cl3. The zero-order chi connectivity index (χ0) is 9.30. The summed E-state index contributed by atoms with van der Waals surface area (Å²) in [6, 6.07) is 1.87. The molecule has 1 rings (SSSR count). The normalized spacial score (nSPS) is 10.4. The molecule has 12 heavy (non-hydrogen) atoms. The molecule has 0 N–H and O–H groups in total. The molecule has 1 aromatic carbocycles. The molecule has 0 amide bonds. The quantitative estimate of drug-likeness (QED) is 0.614. The van der Waals surface area contributed by atoms with Crippen molar-refractivity contribution in [3.63, 3.8) is 0 Å². The molecule has 0 aliphatic rings. The molecule has 0 spiro atoms. The first kappa shape index (κ1) is 10.2. The minimum atomic E-state index is 0.452. The van der Waals surface area contributed by atoms with Gasteiger partial charge >= 0.3 is 0 Å². The van der Waals surface area contributed by atoms with Gasteiger partial charge in [-0.25, -0.2) is 0 Å². The highest BCUT2D eigenvalue weighted by atomic mass is 35.5. The standard InChI is InChI=1S/C9H9Cl3/c1-3-6-4-7(10)9(12)8(11)5(6)2/h4H,3H2,1-2H3. The fourth-order valence-corrected chi connectivity index (χ4v) is 1.80. The molecule has 0 aliphatic carbocycles. The van der Waals surface area contributed by atoms with Crippen LogP contribution in [0.1, 0.15) is 18.1 Å². The molecule has 0 radical (unpaired) electrons. The number of aryl methyl sites for hydroxylation is 1. The number of hydrogen-bond donors (Lipinski definition) is 0. The van der Waals surface area contributed by atoms with E-state index >= 15 is 0 Å². The first-order chi connectivity index (χ1) is 5.57. The van der Waals surface area contributed by atoms with Gasteiger partial charge in [0.15, 0.2) is 0 Å². The fourth-order valence-electron chi connectivity index (χ4n) is 1.10. The van der Waals surface area contributed by atoms with E-state index in [2.05, 4.69) is 6.92 Å². The average molecular weight is 224 g/mol. The highest BCUT2D eigenvalue weighted by Crippen LogP contribution is 2.34.